The number of aliphatic hydroxyl groups is 1. The van der Waals surface area contributed by atoms with Gasteiger partial charge < -0.3 is 15.8 Å². The van der Waals surface area contributed by atoms with Crippen molar-refractivity contribution >= 4 is 16.6 Å². The summed E-state index contributed by atoms with van der Waals surface area (Å²) in [5, 5.41) is 12.9. The number of rotatable bonds is 3. The third-order valence-corrected chi connectivity index (χ3v) is 6.48. The fourth-order valence-electron chi connectivity index (χ4n) is 5.23. The summed E-state index contributed by atoms with van der Waals surface area (Å²) in [7, 11) is 0. The van der Waals surface area contributed by atoms with E-state index in [9.17, 15) is 5.11 Å². The maximum Gasteiger partial charge on any atom is 0.0977 e. The van der Waals surface area contributed by atoms with Crippen LogP contribution in [0.5, 0.6) is 0 Å². The van der Waals surface area contributed by atoms with Gasteiger partial charge in [0.05, 0.1) is 5.60 Å². The maximum atomic E-state index is 11.6. The highest BCUT2D eigenvalue weighted by atomic mass is 16.3. The number of likely N-dealkylation sites (tertiary alicyclic amines) is 1. The molecule has 1 saturated carbocycles. The van der Waals surface area contributed by atoms with Crippen LogP contribution < -0.4 is 5.73 Å². The smallest absolute Gasteiger partial charge is 0.0977 e. The number of aromatic nitrogens is 1. The Bertz CT molecular complexity index is 933. The van der Waals surface area contributed by atoms with Crippen molar-refractivity contribution in [1.82, 2.24) is 9.88 Å². The zero-order valence-electron chi connectivity index (χ0n) is 14.9. The maximum absolute atomic E-state index is 11.6. The molecular formula is C22H25N3O. The molecule has 4 heteroatoms. The predicted octanol–water partition coefficient (Wildman–Crippen LogP) is 3.48. The molecule has 2 heterocycles. The number of H-pyrrole nitrogens is 1. The molecule has 2 bridgehead atoms. The van der Waals surface area contributed by atoms with Gasteiger partial charge in [0.15, 0.2) is 0 Å². The Morgan fingerprint density at radius 3 is 2.62 bits per heavy atom. The van der Waals surface area contributed by atoms with Crippen LogP contribution in [0.3, 0.4) is 0 Å². The summed E-state index contributed by atoms with van der Waals surface area (Å²) in [6.07, 6.45) is 4.30. The topological polar surface area (TPSA) is 65.3 Å². The average molecular weight is 347 g/mol. The quantitative estimate of drug-likeness (QED) is 0.636. The van der Waals surface area contributed by atoms with Crippen molar-refractivity contribution in [3.8, 4) is 0 Å². The summed E-state index contributed by atoms with van der Waals surface area (Å²) in [5.74, 6) is 0.543. The van der Waals surface area contributed by atoms with E-state index in [1.54, 1.807) is 0 Å². The van der Waals surface area contributed by atoms with Gasteiger partial charge in [-0.1, -0.05) is 30.3 Å². The van der Waals surface area contributed by atoms with Gasteiger partial charge in [0.2, 0.25) is 0 Å². The van der Waals surface area contributed by atoms with Crippen LogP contribution in [0, 0.1) is 11.8 Å². The lowest BCUT2D eigenvalue weighted by molar-refractivity contribution is -0.0913. The molecule has 2 atom stereocenters. The molecule has 1 aliphatic carbocycles. The number of aromatic amines is 1. The molecule has 4 N–H and O–H groups in total. The van der Waals surface area contributed by atoms with E-state index in [2.05, 4.69) is 40.3 Å². The molecule has 0 radical (unpaired) electrons. The van der Waals surface area contributed by atoms with Gasteiger partial charge in [-0.25, -0.2) is 0 Å². The summed E-state index contributed by atoms with van der Waals surface area (Å²) in [6, 6.07) is 16.3. The van der Waals surface area contributed by atoms with Crippen LogP contribution in [-0.2, 0) is 12.1 Å². The molecule has 134 valence electrons. The monoisotopic (exact) mass is 347 g/mol. The van der Waals surface area contributed by atoms with Crippen LogP contribution >= 0.6 is 0 Å². The molecule has 0 amide bonds. The Balaban J connectivity index is 1.40. The molecule has 2 aromatic carbocycles. The fourth-order valence-corrected chi connectivity index (χ4v) is 5.23. The van der Waals surface area contributed by atoms with E-state index in [1.165, 1.54) is 16.5 Å². The number of hydrogen-bond acceptors (Lipinski definition) is 3. The Morgan fingerprint density at radius 1 is 1.08 bits per heavy atom. The first-order chi connectivity index (χ1) is 12.6. The lowest BCUT2D eigenvalue weighted by Crippen LogP contribution is -2.51. The molecule has 3 aromatic rings. The Morgan fingerprint density at radius 2 is 1.85 bits per heavy atom. The number of piperidine rings is 1. The van der Waals surface area contributed by atoms with Gasteiger partial charge in [0.25, 0.3) is 0 Å². The molecule has 1 aromatic heterocycles. The molecule has 5 rings (SSSR count). The minimum absolute atomic E-state index is 0.272. The van der Waals surface area contributed by atoms with E-state index in [-0.39, 0.29) is 11.8 Å². The van der Waals surface area contributed by atoms with Crippen molar-refractivity contribution in [2.45, 2.75) is 25.0 Å². The number of fused-ring (bicyclic) bond motifs is 3. The van der Waals surface area contributed by atoms with E-state index in [1.807, 2.05) is 24.3 Å². The van der Waals surface area contributed by atoms with Crippen LogP contribution in [0.15, 0.2) is 54.7 Å². The summed E-state index contributed by atoms with van der Waals surface area (Å²) in [4.78, 5) is 5.89. The molecule has 2 unspecified atom stereocenters. The van der Waals surface area contributed by atoms with Crippen molar-refractivity contribution in [1.29, 1.82) is 0 Å². The van der Waals surface area contributed by atoms with E-state index < -0.39 is 5.60 Å². The molecule has 4 nitrogen and oxygen atoms in total. The number of hydrogen-bond donors (Lipinski definition) is 3. The molecular weight excluding hydrogens is 322 g/mol. The summed E-state index contributed by atoms with van der Waals surface area (Å²) < 4.78 is 0. The standard InChI is InChI=1S/C22H25N3O/c23-19-5-3-4-16(10-19)22(26)17-8-9-18(22)14-25(13-17)12-15-11-24-21-7-2-1-6-20(15)21/h1-7,10-11,17-18,24,26H,8-9,12-14,23H2. The summed E-state index contributed by atoms with van der Waals surface area (Å²) >= 11 is 0. The average Bonchev–Trinajstić information content (AvgIpc) is 3.10. The first kappa shape index (κ1) is 15.9. The van der Waals surface area contributed by atoms with Crippen molar-refractivity contribution < 1.29 is 5.11 Å². The van der Waals surface area contributed by atoms with E-state index in [4.69, 9.17) is 5.73 Å². The van der Waals surface area contributed by atoms with Crippen molar-refractivity contribution in [2.75, 3.05) is 18.8 Å². The van der Waals surface area contributed by atoms with E-state index in [0.29, 0.717) is 0 Å². The molecule has 1 aliphatic heterocycles. The van der Waals surface area contributed by atoms with Crippen molar-refractivity contribution in [3.05, 3.63) is 65.9 Å². The largest absolute Gasteiger partial charge is 0.399 e. The summed E-state index contributed by atoms with van der Waals surface area (Å²) in [6.45, 7) is 2.80. The number of nitrogens with zero attached hydrogens (tertiary/aromatic N) is 1. The third kappa shape index (κ3) is 2.37. The number of benzene rings is 2. The molecule has 26 heavy (non-hydrogen) atoms. The number of nitrogens with two attached hydrogens (primary N) is 1. The minimum Gasteiger partial charge on any atom is -0.399 e. The first-order valence-electron chi connectivity index (χ1n) is 9.50. The van der Waals surface area contributed by atoms with Crippen LogP contribution in [0.4, 0.5) is 5.69 Å². The van der Waals surface area contributed by atoms with Crippen LogP contribution in [0.25, 0.3) is 10.9 Å². The van der Waals surface area contributed by atoms with E-state index >= 15 is 0 Å². The normalized spacial score (nSPS) is 28.7. The lowest BCUT2D eigenvalue weighted by Gasteiger charge is -2.45. The zero-order chi connectivity index (χ0) is 17.7. The predicted molar refractivity (Wildman–Crippen MR) is 105 cm³/mol. The Hall–Kier alpha value is -2.30. The SMILES string of the molecule is Nc1cccc(C2(O)C3CCC2CN(Cc2c[nH]c4ccccc24)C3)c1. The molecule has 1 saturated heterocycles. The van der Waals surface area contributed by atoms with Gasteiger partial charge in [0, 0.05) is 54.3 Å². The number of nitrogen functional groups attached to an aromatic ring is 1. The van der Waals surface area contributed by atoms with Gasteiger partial charge in [-0.3, -0.25) is 4.90 Å². The van der Waals surface area contributed by atoms with Gasteiger partial charge in [-0.15, -0.1) is 0 Å². The Kier molecular flexibility index (Phi) is 3.59. The van der Waals surface area contributed by atoms with Gasteiger partial charge in [-0.05, 0) is 42.2 Å². The molecule has 2 fully saturated rings. The highest BCUT2D eigenvalue weighted by Gasteiger charge is 2.53. The highest BCUT2D eigenvalue weighted by Crippen LogP contribution is 2.51. The fraction of sp³-hybridized carbons (Fsp3) is 0.364. The minimum atomic E-state index is -0.730. The second-order valence-electron chi connectivity index (χ2n) is 7.98. The number of anilines is 1. The third-order valence-electron chi connectivity index (χ3n) is 6.48. The van der Waals surface area contributed by atoms with E-state index in [0.717, 1.165) is 43.7 Å². The van der Waals surface area contributed by atoms with Gasteiger partial charge >= 0.3 is 0 Å². The number of para-hydroxylation sites is 1. The first-order valence-corrected chi connectivity index (χ1v) is 9.50. The molecule has 2 aliphatic rings. The lowest BCUT2D eigenvalue weighted by atomic mass is 9.75. The van der Waals surface area contributed by atoms with Crippen LogP contribution in [0.1, 0.15) is 24.0 Å². The van der Waals surface area contributed by atoms with Crippen LogP contribution in [0.2, 0.25) is 0 Å². The highest BCUT2D eigenvalue weighted by molar-refractivity contribution is 5.82. The number of nitrogens with one attached hydrogen (secondary N) is 1. The summed E-state index contributed by atoms with van der Waals surface area (Å²) in [5.41, 5.74) is 9.52. The van der Waals surface area contributed by atoms with Crippen molar-refractivity contribution in [2.24, 2.45) is 11.8 Å². The molecule has 0 spiro atoms. The second-order valence-corrected chi connectivity index (χ2v) is 7.98. The van der Waals surface area contributed by atoms with Crippen LogP contribution in [-0.4, -0.2) is 28.1 Å². The van der Waals surface area contributed by atoms with Crippen molar-refractivity contribution in [3.63, 3.8) is 0 Å². The van der Waals surface area contributed by atoms with Gasteiger partial charge in [-0.2, -0.15) is 0 Å². The zero-order valence-corrected chi connectivity index (χ0v) is 14.9. The van der Waals surface area contributed by atoms with Gasteiger partial charge in [0.1, 0.15) is 0 Å². The second kappa shape index (κ2) is 5.86. The Labute approximate surface area is 153 Å².